The summed E-state index contributed by atoms with van der Waals surface area (Å²) in [7, 11) is 0. The fraction of sp³-hybridized carbons (Fsp3) is 0.857. The second-order valence-corrected chi connectivity index (χ2v) is 5.96. The topological polar surface area (TPSA) is 29.3 Å². The van der Waals surface area contributed by atoms with Crippen molar-refractivity contribution < 1.29 is 0 Å². The molecular formula is C14H24N2. The van der Waals surface area contributed by atoms with Crippen molar-refractivity contribution in [3.05, 3.63) is 12.2 Å². The molecule has 3 rings (SSSR count). The van der Waals surface area contributed by atoms with E-state index in [0.29, 0.717) is 6.04 Å². The summed E-state index contributed by atoms with van der Waals surface area (Å²) in [6, 6.07) is 2.12. The molecule has 0 radical (unpaired) electrons. The lowest BCUT2D eigenvalue weighted by atomic mass is 9.91. The van der Waals surface area contributed by atoms with E-state index in [4.69, 9.17) is 5.73 Å². The fourth-order valence-corrected chi connectivity index (χ4v) is 3.93. The van der Waals surface area contributed by atoms with Crippen molar-refractivity contribution in [1.82, 2.24) is 4.90 Å². The molecule has 3 atom stereocenters. The zero-order valence-corrected chi connectivity index (χ0v) is 10.1. The summed E-state index contributed by atoms with van der Waals surface area (Å²) in [5.74, 6) is 0.919. The Morgan fingerprint density at radius 3 is 2.44 bits per heavy atom. The summed E-state index contributed by atoms with van der Waals surface area (Å²) in [4.78, 5) is 2.80. The van der Waals surface area contributed by atoms with Crippen molar-refractivity contribution in [2.24, 2.45) is 11.7 Å². The van der Waals surface area contributed by atoms with Gasteiger partial charge in [0.25, 0.3) is 0 Å². The maximum atomic E-state index is 6.11. The Balaban J connectivity index is 1.61. The van der Waals surface area contributed by atoms with Crippen molar-refractivity contribution in [3.63, 3.8) is 0 Å². The van der Waals surface area contributed by atoms with Gasteiger partial charge in [-0.3, -0.25) is 4.90 Å². The first-order chi connectivity index (χ1) is 7.83. The lowest BCUT2D eigenvalue weighted by Crippen LogP contribution is -2.49. The number of nitrogens with zero attached hydrogens (tertiary/aromatic N) is 1. The minimum Gasteiger partial charge on any atom is -0.328 e. The van der Waals surface area contributed by atoms with Gasteiger partial charge >= 0.3 is 0 Å². The number of rotatable bonds is 2. The van der Waals surface area contributed by atoms with Crippen LogP contribution in [0.5, 0.6) is 0 Å². The number of hydrogen-bond acceptors (Lipinski definition) is 2. The van der Waals surface area contributed by atoms with Gasteiger partial charge in [0, 0.05) is 24.7 Å². The van der Waals surface area contributed by atoms with E-state index >= 15 is 0 Å². The van der Waals surface area contributed by atoms with Crippen LogP contribution in [0.3, 0.4) is 0 Å². The van der Waals surface area contributed by atoms with Crippen molar-refractivity contribution in [2.45, 2.75) is 63.1 Å². The lowest BCUT2D eigenvalue weighted by Gasteiger charge is -2.39. The van der Waals surface area contributed by atoms with Crippen LogP contribution in [-0.2, 0) is 0 Å². The first kappa shape index (κ1) is 10.8. The molecule has 2 saturated heterocycles. The Labute approximate surface area is 98.9 Å². The molecule has 2 bridgehead atoms. The van der Waals surface area contributed by atoms with Gasteiger partial charge in [-0.25, -0.2) is 0 Å². The van der Waals surface area contributed by atoms with Crippen LogP contribution in [0.25, 0.3) is 0 Å². The predicted molar refractivity (Wildman–Crippen MR) is 67.2 cm³/mol. The molecule has 2 N–H and O–H groups in total. The van der Waals surface area contributed by atoms with Gasteiger partial charge in [0.05, 0.1) is 0 Å². The highest BCUT2D eigenvalue weighted by atomic mass is 15.2. The second-order valence-electron chi connectivity index (χ2n) is 5.96. The van der Waals surface area contributed by atoms with Crippen LogP contribution in [0.4, 0.5) is 0 Å². The smallest absolute Gasteiger partial charge is 0.0114 e. The highest BCUT2D eigenvalue weighted by Gasteiger charge is 2.39. The van der Waals surface area contributed by atoms with Crippen molar-refractivity contribution >= 4 is 0 Å². The zero-order valence-electron chi connectivity index (χ0n) is 10.1. The second kappa shape index (κ2) is 4.50. The summed E-state index contributed by atoms with van der Waals surface area (Å²) < 4.78 is 0. The average molecular weight is 220 g/mol. The molecule has 2 nitrogen and oxygen atoms in total. The Morgan fingerprint density at radius 1 is 1.06 bits per heavy atom. The first-order valence-electron chi connectivity index (χ1n) is 6.99. The Morgan fingerprint density at radius 2 is 1.81 bits per heavy atom. The van der Waals surface area contributed by atoms with Crippen molar-refractivity contribution in [2.75, 3.05) is 6.54 Å². The predicted octanol–water partition coefficient (Wildman–Crippen LogP) is 2.30. The van der Waals surface area contributed by atoms with Crippen molar-refractivity contribution in [1.29, 1.82) is 0 Å². The number of allylic oxidation sites excluding steroid dienone is 2. The van der Waals surface area contributed by atoms with E-state index in [-0.39, 0.29) is 0 Å². The van der Waals surface area contributed by atoms with E-state index in [0.717, 1.165) is 18.0 Å². The Hall–Kier alpha value is -0.340. The minimum absolute atomic E-state index is 0.486. The third-order valence-corrected chi connectivity index (χ3v) is 4.77. The summed E-state index contributed by atoms with van der Waals surface area (Å²) in [6.45, 7) is 1.34. The van der Waals surface area contributed by atoms with Gasteiger partial charge in [0.15, 0.2) is 0 Å². The van der Waals surface area contributed by atoms with E-state index in [2.05, 4.69) is 17.1 Å². The van der Waals surface area contributed by atoms with E-state index in [9.17, 15) is 0 Å². The molecule has 90 valence electrons. The quantitative estimate of drug-likeness (QED) is 0.724. The maximum absolute atomic E-state index is 6.11. The van der Waals surface area contributed by atoms with Crippen LogP contribution < -0.4 is 5.73 Å². The molecule has 0 aromatic rings. The molecule has 0 spiro atoms. The molecule has 3 aliphatic rings. The van der Waals surface area contributed by atoms with Crippen molar-refractivity contribution in [3.8, 4) is 0 Å². The molecule has 16 heavy (non-hydrogen) atoms. The van der Waals surface area contributed by atoms with Gasteiger partial charge < -0.3 is 5.73 Å². The van der Waals surface area contributed by atoms with Crippen LogP contribution in [0, 0.1) is 5.92 Å². The van der Waals surface area contributed by atoms with E-state index < -0.39 is 0 Å². The normalized spacial score (nSPS) is 43.8. The van der Waals surface area contributed by atoms with Crippen LogP contribution in [0.2, 0.25) is 0 Å². The number of piperidine rings is 1. The highest BCUT2D eigenvalue weighted by molar-refractivity contribution is 4.99. The monoisotopic (exact) mass is 220 g/mol. The molecule has 2 heteroatoms. The third-order valence-electron chi connectivity index (χ3n) is 4.77. The van der Waals surface area contributed by atoms with E-state index in [1.807, 2.05) is 0 Å². The Kier molecular flexibility index (Phi) is 3.03. The zero-order chi connectivity index (χ0) is 11.0. The van der Waals surface area contributed by atoms with Crippen LogP contribution in [0.1, 0.15) is 44.9 Å². The molecule has 2 aliphatic heterocycles. The lowest BCUT2D eigenvalue weighted by molar-refractivity contribution is 0.104. The van der Waals surface area contributed by atoms with Crippen LogP contribution in [-0.4, -0.2) is 29.6 Å². The SMILES string of the molecule is NC1CC2CCC(C1)N2CC1CC=CCC1. The standard InChI is InChI=1S/C14H24N2/c15-12-8-13-6-7-14(9-12)16(13)10-11-4-2-1-3-5-11/h1-2,11-14H,3-10,15H2. The fourth-order valence-electron chi connectivity index (χ4n) is 3.93. The average Bonchev–Trinajstić information content (AvgIpc) is 2.54. The molecule has 3 unspecified atom stereocenters. The third kappa shape index (κ3) is 2.05. The maximum Gasteiger partial charge on any atom is 0.0114 e. The van der Waals surface area contributed by atoms with Gasteiger partial charge in [-0.2, -0.15) is 0 Å². The van der Waals surface area contributed by atoms with Crippen LogP contribution >= 0.6 is 0 Å². The molecule has 0 amide bonds. The van der Waals surface area contributed by atoms with E-state index in [1.54, 1.807) is 0 Å². The van der Waals surface area contributed by atoms with Gasteiger partial charge in [-0.05, 0) is 50.9 Å². The molecule has 2 heterocycles. The Bertz CT molecular complexity index is 260. The summed E-state index contributed by atoms with van der Waals surface area (Å²) >= 11 is 0. The van der Waals surface area contributed by atoms with Gasteiger partial charge in [-0.1, -0.05) is 12.2 Å². The number of nitrogens with two attached hydrogens (primary N) is 1. The van der Waals surface area contributed by atoms with Gasteiger partial charge in [0.2, 0.25) is 0 Å². The molecule has 0 saturated carbocycles. The number of fused-ring (bicyclic) bond motifs is 2. The van der Waals surface area contributed by atoms with Gasteiger partial charge in [-0.15, -0.1) is 0 Å². The summed E-state index contributed by atoms with van der Waals surface area (Å²) in [6.07, 6.45) is 14.0. The van der Waals surface area contributed by atoms with Crippen LogP contribution in [0.15, 0.2) is 12.2 Å². The van der Waals surface area contributed by atoms with E-state index in [1.165, 1.54) is 51.5 Å². The molecule has 1 aliphatic carbocycles. The number of hydrogen-bond donors (Lipinski definition) is 1. The largest absolute Gasteiger partial charge is 0.328 e. The molecule has 2 fully saturated rings. The highest BCUT2D eigenvalue weighted by Crippen LogP contribution is 2.36. The molecule has 0 aromatic heterocycles. The van der Waals surface area contributed by atoms with Gasteiger partial charge in [0.1, 0.15) is 0 Å². The molecular weight excluding hydrogens is 196 g/mol. The summed E-state index contributed by atoms with van der Waals surface area (Å²) in [5, 5.41) is 0. The minimum atomic E-state index is 0.486. The summed E-state index contributed by atoms with van der Waals surface area (Å²) in [5.41, 5.74) is 6.11. The first-order valence-corrected chi connectivity index (χ1v) is 6.99. The molecule has 0 aromatic carbocycles.